The van der Waals surface area contributed by atoms with E-state index in [1.54, 1.807) is 0 Å². The highest BCUT2D eigenvalue weighted by molar-refractivity contribution is 6.17. The van der Waals surface area contributed by atoms with Crippen molar-refractivity contribution in [1.82, 2.24) is 4.57 Å². The predicted octanol–water partition coefficient (Wildman–Crippen LogP) is 8.68. The van der Waals surface area contributed by atoms with Gasteiger partial charge in [-0.1, -0.05) is 91.9 Å². The fourth-order valence-corrected chi connectivity index (χ4v) is 4.91. The molecule has 0 unspecified atom stereocenters. The lowest BCUT2D eigenvalue weighted by Gasteiger charge is -2.12. The Labute approximate surface area is 194 Å². The quantitative estimate of drug-likeness (QED) is 0.267. The molecule has 0 atom stereocenters. The van der Waals surface area contributed by atoms with E-state index in [-0.39, 0.29) is 0 Å². The highest BCUT2D eigenvalue weighted by atomic mass is 15.0. The van der Waals surface area contributed by atoms with Crippen LogP contribution in [0.25, 0.3) is 49.7 Å². The zero-order valence-corrected chi connectivity index (χ0v) is 18.7. The van der Waals surface area contributed by atoms with Crippen LogP contribution in [0.4, 0.5) is 0 Å². The van der Waals surface area contributed by atoms with Gasteiger partial charge in [0.25, 0.3) is 0 Å². The maximum absolute atomic E-state index is 2.42. The largest absolute Gasteiger partial charge is 0.309 e. The molecule has 0 saturated carbocycles. The minimum absolute atomic E-state index is 1.02. The molecule has 5 aromatic carbocycles. The van der Waals surface area contributed by atoms with Crippen molar-refractivity contribution in [3.05, 3.63) is 127 Å². The summed E-state index contributed by atoms with van der Waals surface area (Å²) in [6, 6.07) is 43.8. The van der Waals surface area contributed by atoms with Gasteiger partial charge in [-0.15, -0.1) is 0 Å². The number of nitrogens with zero attached hydrogens (tertiary/aromatic N) is 1. The van der Waals surface area contributed by atoms with E-state index in [0.29, 0.717) is 0 Å². The van der Waals surface area contributed by atoms with Crippen molar-refractivity contribution in [3.8, 4) is 27.9 Å². The van der Waals surface area contributed by atoms with Crippen molar-refractivity contribution in [3.63, 3.8) is 0 Å². The molecule has 1 heterocycles. The number of rotatable bonds is 4. The molecule has 1 nitrogen and oxygen atoms in total. The van der Waals surface area contributed by atoms with Crippen molar-refractivity contribution >= 4 is 21.8 Å². The maximum atomic E-state index is 2.42. The van der Waals surface area contributed by atoms with E-state index in [1.165, 1.54) is 55.3 Å². The van der Waals surface area contributed by atoms with Crippen LogP contribution in [0.5, 0.6) is 0 Å². The number of para-hydroxylation sites is 1. The smallest absolute Gasteiger partial charge is 0.0553 e. The lowest BCUT2D eigenvalue weighted by molar-refractivity contribution is 1.14. The number of aromatic nitrogens is 1. The lowest BCUT2D eigenvalue weighted by atomic mass is 9.94. The zero-order chi connectivity index (χ0) is 22.2. The Morgan fingerprint density at radius 1 is 0.545 bits per heavy atom. The summed E-state index contributed by atoms with van der Waals surface area (Å²) in [5.41, 5.74) is 10.0. The number of benzene rings is 5. The molecule has 6 rings (SSSR count). The van der Waals surface area contributed by atoms with Crippen LogP contribution >= 0.6 is 0 Å². The maximum Gasteiger partial charge on any atom is 0.0553 e. The van der Waals surface area contributed by atoms with Crippen LogP contribution in [0.1, 0.15) is 12.5 Å². The third-order valence-corrected chi connectivity index (χ3v) is 6.54. The average Bonchev–Trinajstić information content (AvgIpc) is 3.23. The Morgan fingerprint density at radius 2 is 1.18 bits per heavy atom. The van der Waals surface area contributed by atoms with Crippen molar-refractivity contribution in [2.45, 2.75) is 13.3 Å². The van der Waals surface area contributed by atoms with Crippen LogP contribution in [-0.4, -0.2) is 4.57 Å². The molecule has 0 bridgehead atoms. The van der Waals surface area contributed by atoms with E-state index in [4.69, 9.17) is 0 Å². The summed E-state index contributed by atoms with van der Waals surface area (Å²) in [5, 5.41) is 2.63. The van der Waals surface area contributed by atoms with E-state index >= 15 is 0 Å². The second-order valence-corrected chi connectivity index (χ2v) is 8.53. The number of fused-ring (bicyclic) bond motifs is 3. The monoisotopic (exact) mass is 423 g/mol. The average molecular weight is 424 g/mol. The standard InChI is InChI=1S/C32H25N/c1-2-23-18-19-30-29(20-23)32-28(25-14-8-4-9-15-25)21-26(24-12-6-3-7-13-24)22-31(32)33(30)27-16-10-5-11-17-27/h3-22H,2H2,1H3. The summed E-state index contributed by atoms with van der Waals surface area (Å²) < 4.78 is 2.42. The van der Waals surface area contributed by atoms with Crippen molar-refractivity contribution in [1.29, 1.82) is 0 Å². The molecule has 33 heavy (non-hydrogen) atoms. The minimum atomic E-state index is 1.02. The first-order chi connectivity index (χ1) is 16.3. The summed E-state index contributed by atoms with van der Waals surface area (Å²) in [6.45, 7) is 2.23. The van der Waals surface area contributed by atoms with Gasteiger partial charge in [-0.2, -0.15) is 0 Å². The van der Waals surface area contributed by atoms with Gasteiger partial charge in [-0.05, 0) is 70.6 Å². The molecule has 0 amide bonds. The fraction of sp³-hybridized carbons (Fsp3) is 0.0625. The highest BCUT2D eigenvalue weighted by Crippen LogP contribution is 2.41. The Hall–Kier alpha value is -4.10. The number of aryl methyl sites for hydroxylation is 1. The van der Waals surface area contributed by atoms with Crippen molar-refractivity contribution in [2.75, 3.05) is 0 Å². The fourth-order valence-electron chi connectivity index (χ4n) is 4.91. The summed E-state index contributed by atoms with van der Waals surface area (Å²) in [4.78, 5) is 0. The molecule has 0 N–H and O–H groups in total. The van der Waals surface area contributed by atoms with Gasteiger partial charge in [-0.3, -0.25) is 0 Å². The molecule has 1 aromatic heterocycles. The van der Waals surface area contributed by atoms with Crippen LogP contribution in [0.2, 0.25) is 0 Å². The van der Waals surface area contributed by atoms with Gasteiger partial charge in [0.05, 0.1) is 11.0 Å². The SMILES string of the molecule is CCc1ccc2c(c1)c1c(-c3ccccc3)cc(-c3ccccc3)cc1n2-c1ccccc1. The lowest BCUT2D eigenvalue weighted by Crippen LogP contribution is -1.94. The van der Waals surface area contributed by atoms with Gasteiger partial charge in [0, 0.05) is 16.5 Å². The van der Waals surface area contributed by atoms with Crippen LogP contribution in [0, 0.1) is 0 Å². The molecule has 0 aliphatic heterocycles. The Bertz CT molecular complexity index is 1560. The summed E-state index contributed by atoms with van der Waals surface area (Å²) in [6.07, 6.45) is 1.02. The molecule has 0 spiro atoms. The topological polar surface area (TPSA) is 4.93 Å². The summed E-state index contributed by atoms with van der Waals surface area (Å²) in [5.74, 6) is 0. The number of hydrogen-bond donors (Lipinski definition) is 0. The first-order valence-corrected chi connectivity index (χ1v) is 11.6. The van der Waals surface area contributed by atoms with E-state index in [1.807, 2.05) is 0 Å². The van der Waals surface area contributed by atoms with Crippen molar-refractivity contribution in [2.24, 2.45) is 0 Å². The van der Waals surface area contributed by atoms with E-state index in [2.05, 4.69) is 133 Å². The normalized spacial score (nSPS) is 11.3. The van der Waals surface area contributed by atoms with Crippen molar-refractivity contribution < 1.29 is 0 Å². The first-order valence-electron chi connectivity index (χ1n) is 11.6. The molecule has 0 aliphatic rings. The zero-order valence-electron chi connectivity index (χ0n) is 18.7. The Kier molecular flexibility index (Phi) is 4.81. The van der Waals surface area contributed by atoms with Crippen LogP contribution in [0.3, 0.4) is 0 Å². The Morgan fingerprint density at radius 3 is 1.85 bits per heavy atom. The van der Waals surface area contributed by atoms with Crippen LogP contribution < -0.4 is 0 Å². The molecule has 0 aliphatic carbocycles. The molecule has 0 radical (unpaired) electrons. The first kappa shape index (κ1) is 19.6. The second-order valence-electron chi connectivity index (χ2n) is 8.53. The molecular formula is C32H25N. The summed E-state index contributed by atoms with van der Waals surface area (Å²) in [7, 11) is 0. The van der Waals surface area contributed by atoms with Crippen LogP contribution in [-0.2, 0) is 6.42 Å². The molecule has 0 saturated heterocycles. The van der Waals surface area contributed by atoms with Gasteiger partial charge >= 0.3 is 0 Å². The van der Waals surface area contributed by atoms with Gasteiger partial charge in [-0.25, -0.2) is 0 Å². The van der Waals surface area contributed by atoms with Gasteiger partial charge in [0.15, 0.2) is 0 Å². The number of hydrogen-bond acceptors (Lipinski definition) is 0. The third-order valence-electron chi connectivity index (χ3n) is 6.54. The highest BCUT2D eigenvalue weighted by Gasteiger charge is 2.18. The van der Waals surface area contributed by atoms with E-state index in [0.717, 1.165) is 6.42 Å². The third kappa shape index (κ3) is 3.34. The van der Waals surface area contributed by atoms with E-state index < -0.39 is 0 Å². The molecule has 6 aromatic rings. The summed E-state index contributed by atoms with van der Waals surface area (Å²) >= 11 is 0. The molecule has 0 fully saturated rings. The van der Waals surface area contributed by atoms with Gasteiger partial charge < -0.3 is 4.57 Å². The minimum Gasteiger partial charge on any atom is -0.309 e. The molecule has 1 heteroatoms. The second kappa shape index (κ2) is 8.11. The van der Waals surface area contributed by atoms with Gasteiger partial charge in [0.2, 0.25) is 0 Å². The molecular weight excluding hydrogens is 398 g/mol. The van der Waals surface area contributed by atoms with Crippen LogP contribution in [0.15, 0.2) is 121 Å². The Balaban J connectivity index is 1.81. The van der Waals surface area contributed by atoms with E-state index in [9.17, 15) is 0 Å². The molecule has 158 valence electrons. The predicted molar refractivity (Wildman–Crippen MR) is 141 cm³/mol. The van der Waals surface area contributed by atoms with Gasteiger partial charge in [0.1, 0.15) is 0 Å².